The third-order valence-electron chi connectivity index (χ3n) is 7.71. The molecule has 2 aliphatic carbocycles. The van der Waals surface area contributed by atoms with Crippen LogP contribution in [0.5, 0.6) is 0 Å². The number of benzene rings is 2. The Kier molecular flexibility index (Phi) is 5.15. The number of carbonyl (C=O) groups excluding carboxylic acids is 2. The predicted octanol–water partition coefficient (Wildman–Crippen LogP) is 3.48. The van der Waals surface area contributed by atoms with Crippen LogP contribution in [0.3, 0.4) is 0 Å². The molecule has 1 heterocycles. The summed E-state index contributed by atoms with van der Waals surface area (Å²) in [5.41, 5.74) is 3.86. The van der Waals surface area contributed by atoms with E-state index in [2.05, 4.69) is 29.6 Å². The Labute approximate surface area is 192 Å². The number of carbonyl (C=O) groups is 3. The van der Waals surface area contributed by atoms with Crippen LogP contribution in [-0.2, 0) is 14.3 Å². The zero-order valence-corrected chi connectivity index (χ0v) is 18.8. The second-order valence-electron chi connectivity index (χ2n) is 9.63. The highest BCUT2D eigenvalue weighted by Crippen LogP contribution is 2.58. The van der Waals surface area contributed by atoms with Gasteiger partial charge in [0, 0.05) is 25.0 Å². The zero-order valence-electron chi connectivity index (χ0n) is 18.8. The molecule has 2 amide bonds. The molecule has 2 aromatic rings. The van der Waals surface area contributed by atoms with Crippen LogP contribution in [0, 0.1) is 17.3 Å². The van der Waals surface area contributed by atoms with E-state index in [1.54, 1.807) is 18.7 Å². The van der Waals surface area contributed by atoms with Gasteiger partial charge in [-0.05, 0) is 41.5 Å². The van der Waals surface area contributed by atoms with Crippen molar-refractivity contribution in [3.8, 4) is 11.1 Å². The Morgan fingerprint density at radius 1 is 1.09 bits per heavy atom. The average Bonchev–Trinajstić information content (AvgIpc) is 3.24. The van der Waals surface area contributed by atoms with Gasteiger partial charge in [0.25, 0.3) is 0 Å². The molecule has 33 heavy (non-hydrogen) atoms. The summed E-state index contributed by atoms with van der Waals surface area (Å²) in [6.45, 7) is 4.48. The molecule has 3 aliphatic rings. The lowest BCUT2D eigenvalue weighted by Crippen LogP contribution is -2.46. The molecule has 7 heteroatoms. The first-order chi connectivity index (χ1) is 15.8. The number of hydrogen-bond acceptors (Lipinski definition) is 4. The smallest absolute Gasteiger partial charge is 0.407 e. The van der Waals surface area contributed by atoms with Gasteiger partial charge >= 0.3 is 12.1 Å². The molecule has 2 N–H and O–H groups in total. The number of aliphatic carboxylic acids is 1. The summed E-state index contributed by atoms with van der Waals surface area (Å²) in [4.78, 5) is 38.6. The minimum absolute atomic E-state index is 0.0268. The Hall–Kier alpha value is -3.35. The normalized spacial score (nSPS) is 24.3. The highest BCUT2D eigenvalue weighted by atomic mass is 16.5. The molecular weight excluding hydrogens is 420 g/mol. The Morgan fingerprint density at radius 2 is 1.70 bits per heavy atom. The van der Waals surface area contributed by atoms with E-state index in [9.17, 15) is 19.5 Å². The van der Waals surface area contributed by atoms with E-state index in [-0.39, 0.29) is 30.9 Å². The topological polar surface area (TPSA) is 95.9 Å². The van der Waals surface area contributed by atoms with Gasteiger partial charge in [-0.25, -0.2) is 4.79 Å². The molecule has 1 saturated carbocycles. The van der Waals surface area contributed by atoms with E-state index in [1.165, 1.54) is 0 Å². The van der Waals surface area contributed by atoms with E-state index >= 15 is 0 Å². The minimum atomic E-state index is -0.819. The maximum atomic E-state index is 12.9. The fourth-order valence-electron chi connectivity index (χ4n) is 5.44. The lowest BCUT2D eigenvalue weighted by molar-refractivity contribution is -0.144. The van der Waals surface area contributed by atoms with Gasteiger partial charge in [-0.1, -0.05) is 55.5 Å². The summed E-state index contributed by atoms with van der Waals surface area (Å²) < 4.78 is 5.58. The Bertz CT molecular complexity index is 1090. The van der Waals surface area contributed by atoms with Crippen LogP contribution < -0.4 is 5.32 Å². The molecule has 1 aliphatic heterocycles. The van der Waals surface area contributed by atoms with Crippen molar-refractivity contribution in [2.75, 3.05) is 19.7 Å². The van der Waals surface area contributed by atoms with Crippen LogP contribution in [0.1, 0.15) is 37.3 Å². The summed E-state index contributed by atoms with van der Waals surface area (Å²) in [6, 6.07) is 15.9. The van der Waals surface area contributed by atoms with Gasteiger partial charge in [0.2, 0.25) is 5.91 Å². The van der Waals surface area contributed by atoms with E-state index in [0.717, 1.165) is 22.3 Å². The van der Waals surface area contributed by atoms with Crippen molar-refractivity contribution in [1.82, 2.24) is 10.2 Å². The molecule has 0 aromatic heterocycles. The van der Waals surface area contributed by atoms with Gasteiger partial charge in [0.1, 0.15) is 6.61 Å². The van der Waals surface area contributed by atoms with Gasteiger partial charge < -0.3 is 20.1 Å². The van der Waals surface area contributed by atoms with E-state index in [4.69, 9.17) is 4.74 Å². The number of amides is 2. The number of nitrogens with zero attached hydrogens (tertiary/aromatic N) is 1. The van der Waals surface area contributed by atoms with Crippen molar-refractivity contribution in [2.45, 2.75) is 32.2 Å². The standard InChI is InChI=1S/C26H28N2O5/c1-15(23(29)28-12-17-11-26(17,14-28)24(30)31)16(2)27-25(32)33-13-22-20-9-5-3-7-18(20)19-8-4-6-10-21(19)22/h3-10,15-17,22H,11-14H2,1-2H3,(H,27,32)(H,30,31). The highest BCUT2D eigenvalue weighted by Gasteiger charge is 2.66. The van der Waals surface area contributed by atoms with Crippen LogP contribution in [-0.4, -0.2) is 53.7 Å². The van der Waals surface area contributed by atoms with Gasteiger partial charge in [-0.2, -0.15) is 0 Å². The second-order valence-corrected chi connectivity index (χ2v) is 9.63. The van der Waals surface area contributed by atoms with E-state index < -0.39 is 29.4 Å². The number of ether oxygens (including phenoxy) is 1. The van der Waals surface area contributed by atoms with Crippen molar-refractivity contribution in [1.29, 1.82) is 0 Å². The largest absolute Gasteiger partial charge is 0.481 e. The lowest BCUT2D eigenvalue weighted by Gasteiger charge is -2.27. The molecule has 2 aromatic carbocycles. The molecule has 2 fully saturated rings. The molecule has 0 spiro atoms. The molecule has 5 rings (SSSR count). The number of fused-ring (bicyclic) bond motifs is 4. The number of rotatable bonds is 6. The van der Waals surface area contributed by atoms with Gasteiger partial charge in [0.05, 0.1) is 11.3 Å². The van der Waals surface area contributed by atoms with Crippen LogP contribution in [0.15, 0.2) is 48.5 Å². The van der Waals surface area contributed by atoms with Crippen molar-refractivity contribution in [2.24, 2.45) is 17.3 Å². The quantitative estimate of drug-likeness (QED) is 0.705. The van der Waals surface area contributed by atoms with Gasteiger partial charge in [0.15, 0.2) is 0 Å². The molecular formula is C26H28N2O5. The van der Waals surface area contributed by atoms with Crippen molar-refractivity contribution >= 4 is 18.0 Å². The fourth-order valence-corrected chi connectivity index (χ4v) is 5.44. The molecule has 7 nitrogen and oxygen atoms in total. The molecule has 0 bridgehead atoms. The predicted molar refractivity (Wildman–Crippen MR) is 122 cm³/mol. The number of alkyl carbamates (subject to hydrolysis) is 1. The van der Waals surface area contributed by atoms with Crippen LogP contribution >= 0.6 is 0 Å². The third-order valence-corrected chi connectivity index (χ3v) is 7.71. The highest BCUT2D eigenvalue weighted by molar-refractivity contribution is 5.85. The number of piperidine rings is 1. The number of carboxylic acids is 1. The Balaban J connectivity index is 1.17. The van der Waals surface area contributed by atoms with E-state index in [0.29, 0.717) is 13.0 Å². The molecule has 4 unspecified atom stereocenters. The minimum Gasteiger partial charge on any atom is -0.481 e. The maximum Gasteiger partial charge on any atom is 0.407 e. The third kappa shape index (κ3) is 3.56. The SMILES string of the molecule is CC(NC(=O)OCC1c2ccccc2-c2ccccc21)C(C)C(=O)N1CC2CC2(C(=O)O)C1. The first-order valence-electron chi connectivity index (χ1n) is 11.5. The number of likely N-dealkylation sites (tertiary alicyclic amines) is 1. The van der Waals surface area contributed by atoms with Gasteiger partial charge in [-0.15, -0.1) is 0 Å². The monoisotopic (exact) mass is 448 g/mol. The molecule has 4 atom stereocenters. The van der Waals surface area contributed by atoms with Crippen molar-refractivity contribution in [3.63, 3.8) is 0 Å². The number of nitrogens with one attached hydrogen (secondary N) is 1. The summed E-state index contributed by atoms with van der Waals surface area (Å²) in [5.74, 6) is -1.40. The lowest BCUT2D eigenvalue weighted by atomic mass is 9.98. The van der Waals surface area contributed by atoms with Crippen molar-refractivity contribution in [3.05, 3.63) is 59.7 Å². The second kappa shape index (κ2) is 7.90. The first-order valence-corrected chi connectivity index (χ1v) is 11.5. The van der Waals surface area contributed by atoms with Crippen LogP contribution in [0.4, 0.5) is 4.79 Å². The molecule has 1 saturated heterocycles. The molecule has 0 radical (unpaired) electrons. The molecule has 172 valence electrons. The average molecular weight is 449 g/mol. The van der Waals surface area contributed by atoms with Gasteiger partial charge in [-0.3, -0.25) is 9.59 Å². The van der Waals surface area contributed by atoms with E-state index in [1.807, 2.05) is 24.3 Å². The van der Waals surface area contributed by atoms with Crippen molar-refractivity contribution < 1.29 is 24.2 Å². The summed E-state index contributed by atoms with van der Waals surface area (Å²) in [7, 11) is 0. The summed E-state index contributed by atoms with van der Waals surface area (Å²) >= 11 is 0. The zero-order chi connectivity index (χ0) is 23.3. The number of carboxylic acid groups (broad SMARTS) is 1. The number of hydrogen-bond donors (Lipinski definition) is 2. The first kappa shape index (κ1) is 21.5. The van der Waals surface area contributed by atoms with Crippen LogP contribution in [0.25, 0.3) is 11.1 Å². The maximum absolute atomic E-state index is 12.9. The Morgan fingerprint density at radius 3 is 2.27 bits per heavy atom. The fraction of sp³-hybridized carbons (Fsp3) is 0.423. The van der Waals surface area contributed by atoms with Crippen LogP contribution in [0.2, 0.25) is 0 Å². The summed E-state index contributed by atoms with van der Waals surface area (Å²) in [5, 5.41) is 12.2. The summed E-state index contributed by atoms with van der Waals surface area (Å²) in [6.07, 6.45) is 0.0870.